The Morgan fingerprint density at radius 2 is 1.65 bits per heavy atom. The summed E-state index contributed by atoms with van der Waals surface area (Å²) in [4.78, 5) is 11.5. The third-order valence-electron chi connectivity index (χ3n) is 2.22. The minimum absolute atomic E-state index is 0.0000491. The predicted molar refractivity (Wildman–Crippen MR) is 73.8 cm³/mol. The highest BCUT2D eigenvalue weighted by Crippen LogP contribution is 2.08. The van der Waals surface area contributed by atoms with Gasteiger partial charge in [-0.1, -0.05) is 42.5 Å². The zero-order valence-corrected chi connectivity index (χ0v) is 10.1. The number of carbonyl (C=O) groups is 1. The molecule has 1 aromatic carbocycles. The Bertz CT molecular complexity index is 521. The lowest BCUT2D eigenvalue weighted by Gasteiger charge is -1.89. The summed E-state index contributed by atoms with van der Waals surface area (Å²) in [7, 11) is 0. The van der Waals surface area contributed by atoms with Gasteiger partial charge >= 0.3 is 0 Å². The summed E-state index contributed by atoms with van der Waals surface area (Å²) in [5, 5.41) is 3.99. The van der Waals surface area contributed by atoms with Gasteiger partial charge in [-0.05, 0) is 40.1 Å². The second-order valence-electron chi connectivity index (χ2n) is 3.54. The van der Waals surface area contributed by atoms with E-state index >= 15 is 0 Å². The van der Waals surface area contributed by atoms with Crippen LogP contribution in [0.3, 0.4) is 0 Å². The van der Waals surface area contributed by atoms with Crippen LogP contribution in [0, 0.1) is 0 Å². The van der Waals surface area contributed by atoms with E-state index in [9.17, 15) is 4.79 Å². The van der Waals surface area contributed by atoms with Crippen molar-refractivity contribution in [3.63, 3.8) is 0 Å². The quantitative estimate of drug-likeness (QED) is 0.737. The van der Waals surface area contributed by atoms with Crippen LogP contribution in [0.5, 0.6) is 0 Å². The Morgan fingerprint density at radius 3 is 2.29 bits per heavy atom. The van der Waals surface area contributed by atoms with Gasteiger partial charge in [0.05, 0.1) is 0 Å². The van der Waals surface area contributed by atoms with E-state index in [1.807, 2.05) is 59.3 Å². The standard InChI is InChI=1S/C15H12OS/c16-15(9-7-14-10-11-17-12-14)8-6-13-4-2-1-3-5-13/h1-12H/b8-6+,9-7+. The van der Waals surface area contributed by atoms with Gasteiger partial charge in [0.15, 0.2) is 5.78 Å². The van der Waals surface area contributed by atoms with Crippen LogP contribution in [0.25, 0.3) is 12.2 Å². The average molecular weight is 240 g/mol. The number of thiophene rings is 1. The number of hydrogen-bond donors (Lipinski definition) is 0. The number of allylic oxidation sites excluding steroid dienone is 2. The Labute approximate surface area is 105 Å². The van der Waals surface area contributed by atoms with Crippen molar-refractivity contribution in [2.24, 2.45) is 0 Å². The van der Waals surface area contributed by atoms with Gasteiger partial charge in [-0.25, -0.2) is 0 Å². The fourth-order valence-electron chi connectivity index (χ4n) is 1.35. The molecule has 84 valence electrons. The molecule has 1 aromatic heterocycles. The molecule has 2 aromatic rings. The summed E-state index contributed by atoms with van der Waals surface area (Å²) in [6.45, 7) is 0. The van der Waals surface area contributed by atoms with E-state index < -0.39 is 0 Å². The third-order valence-corrected chi connectivity index (χ3v) is 2.92. The minimum atomic E-state index is 0.0000491. The SMILES string of the molecule is O=C(/C=C/c1ccccc1)/C=C/c1ccsc1. The van der Waals surface area contributed by atoms with Crippen LogP contribution in [0.4, 0.5) is 0 Å². The fraction of sp³-hybridized carbons (Fsp3) is 0. The molecule has 0 radical (unpaired) electrons. The molecule has 0 unspecified atom stereocenters. The zero-order valence-electron chi connectivity index (χ0n) is 9.24. The Kier molecular flexibility index (Phi) is 4.05. The van der Waals surface area contributed by atoms with E-state index in [1.165, 1.54) is 0 Å². The first-order chi connectivity index (χ1) is 8.34. The summed E-state index contributed by atoms with van der Waals surface area (Å²) in [5.41, 5.74) is 2.10. The van der Waals surface area contributed by atoms with Crippen molar-refractivity contribution >= 4 is 29.3 Å². The van der Waals surface area contributed by atoms with Crippen LogP contribution < -0.4 is 0 Å². The monoisotopic (exact) mass is 240 g/mol. The van der Waals surface area contributed by atoms with Gasteiger partial charge in [0, 0.05) is 0 Å². The van der Waals surface area contributed by atoms with Crippen molar-refractivity contribution in [1.29, 1.82) is 0 Å². The molecule has 0 amide bonds. The van der Waals surface area contributed by atoms with Crippen LogP contribution in [0.1, 0.15) is 11.1 Å². The van der Waals surface area contributed by atoms with Crippen molar-refractivity contribution in [3.05, 3.63) is 70.4 Å². The van der Waals surface area contributed by atoms with Gasteiger partial charge in [-0.2, -0.15) is 11.3 Å². The molecule has 0 aliphatic heterocycles. The van der Waals surface area contributed by atoms with E-state index in [0.29, 0.717) is 0 Å². The average Bonchev–Trinajstić information content (AvgIpc) is 2.88. The van der Waals surface area contributed by atoms with Crippen molar-refractivity contribution in [3.8, 4) is 0 Å². The number of hydrogen-bond acceptors (Lipinski definition) is 2. The molecule has 0 aliphatic carbocycles. The maximum Gasteiger partial charge on any atom is 0.178 e. The number of rotatable bonds is 4. The summed E-state index contributed by atoms with van der Waals surface area (Å²) in [5.74, 6) is 0.0000491. The van der Waals surface area contributed by atoms with Gasteiger partial charge in [-0.3, -0.25) is 4.79 Å². The number of carbonyl (C=O) groups excluding carboxylic acids is 1. The Hall–Kier alpha value is -1.93. The highest BCUT2D eigenvalue weighted by molar-refractivity contribution is 7.08. The smallest absolute Gasteiger partial charge is 0.178 e. The van der Waals surface area contributed by atoms with E-state index in [4.69, 9.17) is 0 Å². The van der Waals surface area contributed by atoms with Crippen LogP contribution in [-0.2, 0) is 4.79 Å². The second-order valence-corrected chi connectivity index (χ2v) is 4.32. The predicted octanol–water partition coefficient (Wildman–Crippen LogP) is 4.04. The molecule has 0 atom stereocenters. The maximum atomic E-state index is 11.5. The lowest BCUT2D eigenvalue weighted by atomic mass is 10.2. The lowest BCUT2D eigenvalue weighted by Crippen LogP contribution is -1.84. The molecule has 0 spiro atoms. The van der Waals surface area contributed by atoms with E-state index in [0.717, 1.165) is 11.1 Å². The first-order valence-corrected chi connectivity index (χ1v) is 6.26. The maximum absolute atomic E-state index is 11.5. The molecule has 2 heteroatoms. The molecule has 0 bridgehead atoms. The lowest BCUT2D eigenvalue weighted by molar-refractivity contribution is -0.110. The van der Waals surface area contributed by atoms with Gasteiger partial charge in [0.1, 0.15) is 0 Å². The van der Waals surface area contributed by atoms with Crippen molar-refractivity contribution in [1.82, 2.24) is 0 Å². The van der Waals surface area contributed by atoms with Crippen LogP contribution in [-0.4, -0.2) is 5.78 Å². The molecule has 1 heterocycles. The van der Waals surface area contributed by atoms with Crippen LogP contribution in [0.2, 0.25) is 0 Å². The van der Waals surface area contributed by atoms with Crippen LogP contribution >= 0.6 is 11.3 Å². The zero-order chi connectivity index (χ0) is 11.9. The number of benzene rings is 1. The van der Waals surface area contributed by atoms with Crippen molar-refractivity contribution in [2.75, 3.05) is 0 Å². The topological polar surface area (TPSA) is 17.1 Å². The first-order valence-electron chi connectivity index (χ1n) is 5.32. The molecular formula is C15H12OS. The van der Waals surface area contributed by atoms with Gasteiger partial charge in [0.2, 0.25) is 0 Å². The summed E-state index contributed by atoms with van der Waals surface area (Å²) in [6.07, 6.45) is 6.81. The van der Waals surface area contributed by atoms with E-state index in [1.54, 1.807) is 23.5 Å². The largest absolute Gasteiger partial charge is 0.290 e. The molecule has 0 saturated heterocycles. The van der Waals surface area contributed by atoms with Gasteiger partial charge in [0.25, 0.3) is 0 Å². The Balaban J connectivity index is 1.96. The molecular weight excluding hydrogens is 228 g/mol. The molecule has 17 heavy (non-hydrogen) atoms. The summed E-state index contributed by atoms with van der Waals surface area (Å²) < 4.78 is 0. The number of ketones is 1. The first kappa shape index (κ1) is 11.6. The summed E-state index contributed by atoms with van der Waals surface area (Å²) >= 11 is 1.62. The molecule has 0 aliphatic rings. The molecule has 1 nitrogen and oxygen atoms in total. The third kappa shape index (κ3) is 3.85. The second kappa shape index (κ2) is 5.97. The van der Waals surface area contributed by atoms with Gasteiger partial charge in [-0.15, -0.1) is 0 Å². The van der Waals surface area contributed by atoms with E-state index in [2.05, 4.69) is 0 Å². The van der Waals surface area contributed by atoms with Crippen LogP contribution in [0.15, 0.2) is 59.3 Å². The van der Waals surface area contributed by atoms with Gasteiger partial charge < -0.3 is 0 Å². The van der Waals surface area contributed by atoms with Crippen molar-refractivity contribution in [2.45, 2.75) is 0 Å². The molecule has 0 fully saturated rings. The molecule has 2 rings (SSSR count). The Morgan fingerprint density at radius 1 is 0.941 bits per heavy atom. The normalized spacial score (nSPS) is 11.3. The van der Waals surface area contributed by atoms with Crippen molar-refractivity contribution < 1.29 is 4.79 Å². The molecule has 0 N–H and O–H groups in total. The highest BCUT2D eigenvalue weighted by Gasteiger charge is 1.90. The highest BCUT2D eigenvalue weighted by atomic mass is 32.1. The minimum Gasteiger partial charge on any atom is -0.290 e. The van der Waals surface area contributed by atoms with E-state index in [-0.39, 0.29) is 5.78 Å². The summed E-state index contributed by atoms with van der Waals surface area (Å²) in [6, 6.07) is 11.8. The fourth-order valence-corrected chi connectivity index (χ4v) is 1.97. The molecule has 0 saturated carbocycles.